The summed E-state index contributed by atoms with van der Waals surface area (Å²) in [6, 6.07) is 37.8. The minimum Gasteiger partial charge on any atom is -0.506 e. The fourth-order valence-electron chi connectivity index (χ4n) is 5.47. The molecule has 0 unspecified atom stereocenters. The van der Waals surface area contributed by atoms with Gasteiger partial charge in [-0.2, -0.15) is 15.3 Å². The lowest BCUT2D eigenvalue weighted by Crippen LogP contribution is -1.92. The van der Waals surface area contributed by atoms with Crippen LogP contribution in [-0.4, -0.2) is 15.1 Å². The zero-order chi connectivity index (χ0) is 37.5. The molecule has 12 heteroatoms. The highest BCUT2D eigenvalue weighted by atomic mass is 16.6. The summed E-state index contributed by atoms with van der Waals surface area (Å²) in [5.74, 6) is 0.0496. The first kappa shape index (κ1) is 35.5. The first-order valence-electron chi connectivity index (χ1n) is 16.5. The van der Waals surface area contributed by atoms with Gasteiger partial charge in [0.1, 0.15) is 22.8 Å². The van der Waals surface area contributed by atoms with Gasteiger partial charge in [0.25, 0.3) is 5.69 Å². The Morgan fingerprint density at radius 2 is 1.08 bits per heavy atom. The van der Waals surface area contributed by atoms with Crippen LogP contribution in [0.25, 0.3) is 21.5 Å². The van der Waals surface area contributed by atoms with Crippen LogP contribution in [0.15, 0.2) is 158 Å². The fourth-order valence-corrected chi connectivity index (χ4v) is 5.47. The van der Waals surface area contributed by atoms with Crippen molar-refractivity contribution < 1.29 is 15.1 Å². The fraction of sp³-hybridized carbons (Fsp3) is 0.0732. The number of phenolic OH excluding ortho intramolecular Hbond substituents is 2. The van der Waals surface area contributed by atoms with Gasteiger partial charge in [-0.05, 0) is 109 Å². The van der Waals surface area contributed by atoms with E-state index < -0.39 is 4.92 Å². The second-order valence-electron chi connectivity index (χ2n) is 12.2. The lowest BCUT2D eigenvalue weighted by molar-refractivity contribution is -0.384. The van der Waals surface area contributed by atoms with E-state index in [0.29, 0.717) is 33.8 Å². The normalized spacial score (nSPS) is 11.5. The summed E-state index contributed by atoms with van der Waals surface area (Å²) in [5.41, 5.74) is 12.4. The third-order valence-electron chi connectivity index (χ3n) is 8.26. The predicted octanol–water partition coefficient (Wildman–Crippen LogP) is 12.8. The van der Waals surface area contributed by atoms with Gasteiger partial charge in [-0.25, -0.2) is 0 Å². The number of hydrogen-bond donors (Lipinski definition) is 3. The summed E-state index contributed by atoms with van der Waals surface area (Å²) in [5, 5.41) is 60.1. The SMILES string of the molecule is Cc1cc2cc(C)c(N=Nc3ccccc3)c(O)c2c(N)c1N=Nc1ccc([N+](=O)[O-])cc1.Cc1ccc(N=Nc2cc3ccccc3cc2O)cc1. The summed E-state index contributed by atoms with van der Waals surface area (Å²) in [7, 11) is 0. The standard InChI is InChI=1S/C24H20N6O3.C17H14N2O/c1-14-12-16-13-15(2)23(29-26-17-6-4-3-5-7-17)24(31)20(16)21(25)22(14)28-27-18-8-10-19(11-9-18)30(32)33;1-12-6-8-15(9-7-12)18-19-16-10-13-4-2-3-5-14(13)11-17(16)20/h3-13,31H,25H2,1-2H3;2-11,20H,1H3. The molecule has 12 nitrogen and oxygen atoms in total. The highest BCUT2D eigenvalue weighted by molar-refractivity contribution is 6.06. The Labute approximate surface area is 304 Å². The van der Waals surface area contributed by atoms with E-state index in [-0.39, 0.29) is 22.9 Å². The Morgan fingerprint density at radius 3 is 1.70 bits per heavy atom. The molecule has 0 radical (unpaired) electrons. The van der Waals surface area contributed by atoms with Gasteiger partial charge in [0, 0.05) is 12.1 Å². The van der Waals surface area contributed by atoms with Crippen molar-refractivity contribution in [2.45, 2.75) is 20.8 Å². The number of benzene rings is 7. The largest absolute Gasteiger partial charge is 0.506 e. The van der Waals surface area contributed by atoms with E-state index in [2.05, 4.69) is 30.7 Å². The molecule has 0 fully saturated rings. The van der Waals surface area contributed by atoms with E-state index in [0.717, 1.165) is 33.0 Å². The van der Waals surface area contributed by atoms with E-state index >= 15 is 0 Å². The molecule has 0 amide bonds. The Morgan fingerprint density at radius 1 is 0.566 bits per heavy atom. The number of phenols is 2. The van der Waals surface area contributed by atoms with Crippen molar-refractivity contribution in [1.82, 2.24) is 0 Å². The zero-order valence-electron chi connectivity index (χ0n) is 29.0. The number of azo groups is 3. The van der Waals surface area contributed by atoms with Crippen molar-refractivity contribution in [3.8, 4) is 11.5 Å². The first-order valence-corrected chi connectivity index (χ1v) is 16.5. The molecule has 7 rings (SSSR count). The molecule has 0 aliphatic rings. The maximum atomic E-state index is 11.0. The lowest BCUT2D eigenvalue weighted by atomic mass is 9.99. The molecule has 0 atom stereocenters. The van der Waals surface area contributed by atoms with Crippen molar-refractivity contribution in [3.63, 3.8) is 0 Å². The lowest BCUT2D eigenvalue weighted by Gasteiger charge is -2.13. The smallest absolute Gasteiger partial charge is 0.269 e. The number of nitro groups is 1. The number of nitrogens with two attached hydrogens (primary N) is 1. The number of aromatic hydroxyl groups is 2. The summed E-state index contributed by atoms with van der Waals surface area (Å²) in [6.45, 7) is 5.71. The second-order valence-corrected chi connectivity index (χ2v) is 12.2. The van der Waals surface area contributed by atoms with E-state index in [9.17, 15) is 20.3 Å². The average Bonchev–Trinajstić information content (AvgIpc) is 3.15. The number of hydrogen-bond acceptors (Lipinski definition) is 11. The molecule has 0 saturated carbocycles. The Kier molecular flexibility index (Phi) is 10.5. The Bertz CT molecular complexity index is 2530. The number of rotatable bonds is 7. The van der Waals surface area contributed by atoms with Crippen LogP contribution < -0.4 is 5.73 Å². The van der Waals surface area contributed by atoms with Crippen LogP contribution in [0.1, 0.15) is 16.7 Å². The molecule has 262 valence electrons. The van der Waals surface area contributed by atoms with Crippen molar-refractivity contribution in [2.24, 2.45) is 30.7 Å². The Balaban J connectivity index is 0.000000204. The van der Waals surface area contributed by atoms with Crippen molar-refractivity contribution >= 4 is 67.0 Å². The number of nitrogens with zero attached hydrogens (tertiary/aromatic N) is 7. The van der Waals surface area contributed by atoms with Crippen LogP contribution in [0.3, 0.4) is 0 Å². The van der Waals surface area contributed by atoms with Crippen LogP contribution >= 0.6 is 0 Å². The Hall–Kier alpha value is -7.34. The third kappa shape index (κ3) is 8.35. The summed E-state index contributed by atoms with van der Waals surface area (Å²) in [4.78, 5) is 10.3. The molecule has 53 heavy (non-hydrogen) atoms. The third-order valence-corrected chi connectivity index (χ3v) is 8.26. The monoisotopic (exact) mass is 702 g/mol. The van der Waals surface area contributed by atoms with Crippen molar-refractivity contribution in [1.29, 1.82) is 0 Å². The molecule has 4 N–H and O–H groups in total. The van der Waals surface area contributed by atoms with Gasteiger partial charge in [-0.15, -0.1) is 15.3 Å². The van der Waals surface area contributed by atoms with Crippen LogP contribution in [0, 0.1) is 30.9 Å². The molecule has 7 aromatic rings. The summed E-state index contributed by atoms with van der Waals surface area (Å²) in [6.07, 6.45) is 0. The highest BCUT2D eigenvalue weighted by Crippen LogP contribution is 2.46. The van der Waals surface area contributed by atoms with E-state index in [1.54, 1.807) is 6.07 Å². The molecule has 0 aliphatic heterocycles. The molecule has 0 heterocycles. The topological polar surface area (TPSA) is 184 Å². The molecule has 0 saturated heterocycles. The summed E-state index contributed by atoms with van der Waals surface area (Å²) >= 11 is 0. The van der Waals surface area contributed by atoms with Gasteiger partial charge in [0.2, 0.25) is 0 Å². The molecule has 0 aliphatic carbocycles. The molecular weight excluding hydrogens is 669 g/mol. The van der Waals surface area contributed by atoms with E-state index in [1.165, 1.54) is 29.8 Å². The van der Waals surface area contributed by atoms with E-state index in [1.807, 2.05) is 118 Å². The maximum Gasteiger partial charge on any atom is 0.269 e. The van der Waals surface area contributed by atoms with Crippen LogP contribution in [-0.2, 0) is 0 Å². The van der Waals surface area contributed by atoms with Gasteiger partial charge in [-0.3, -0.25) is 10.1 Å². The van der Waals surface area contributed by atoms with E-state index in [4.69, 9.17) is 5.73 Å². The number of aryl methyl sites for hydroxylation is 3. The van der Waals surface area contributed by atoms with Gasteiger partial charge in [0.05, 0.1) is 33.1 Å². The quantitative estimate of drug-likeness (QED) is 0.0644. The molecule has 0 spiro atoms. The predicted molar refractivity (Wildman–Crippen MR) is 208 cm³/mol. The van der Waals surface area contributed by atoms with Gasteiger partial charge < -0.3 is 15.9 Å². The van der Waals surface area contributed by atoms with Crippen molar-refractivity contribution in [3.05, 3.63) is 154 Å². The van der Waals surface area contributed by atoms with Gasteiger partial charge >= 0.3 is 0 Å². The molecule has 0 bridgehead atoms. The number of anilines is 1. The first-order chi connectivity index (χ1) is 25.6. The van der Waals surface area contributed by atoms with Crippen LogP contribution in [0.2, 0.25) is 0 Å². The second kappa shape index (κ2) is 15.7. The van der Waals surface area contributed by atoms with Crippen LogP contribution in [0.5, 0.6) is 11.5 Å². The number of nitro benzene ring substituents is 1. The number of non-ortho nitro benzene ring substituents is 1. The number of nitrogen functional groups attached to an aromatic ring is 1. The molecule has 0 aromatic heterocycles. The maximum absolute atomic E-state index is 11.0. The highest BCUT2D eigenvalue weighted by Gasteiger charge is 2.17. The average molecular weight is 703 g/mol. The zero-order valence-corrected chi connectivity index (χ0v) is 29.0. The number of fused-ring (bicyclic) bond motifs is 2. The molecule has 7 aromatic carbocycles. The minimum atomic E-state index is -0.482. The van der Waals surface area contributed by atoms with Gasteiger partial charge in [-0.1, -0.05) is 60.2 Å². The van der Waals surface area contributed by atoms with Crippen LogP contribution in [0.4, 0.5) is 45.5 Å². The summed E-state index contributed by atoms with van der Waals surface area (Å²) < 4.78 is 0. The molecular formula is C41H34N8O4. The minimum absolute atomic E-state index is 0.0344. The van der Waals surface area contributed by atoms with Gasteiger partial charge in [0.15, 0.2) is 5.75 Å². The van der Waals surface area contributed by atoms with Crippen molar-refractivity contribution in [2.75, 3.05) is 5.73 Å².